The van der Waals surface area contributed by atoms with Crippen LogP contribution in [0.4, 0.5) is 0 Å². The number of hydrogen-bond acceptors (Lipinski definition) is 6. The van der Waals surface area contributed by atoms with E-state index in [0.717, 1.165) is 31.0 Å². The summed E-state index contributed by atoms with van der Waals surface area (Å²) >= 11 is 0. The van der Waals surface area contributed by atoms with E-state index in [4.69, 9.17) is 14.0 Å². The topological polar surface area (TPSA) is 69.4 Å². The van der Waals surface area contributed by atoms with Gasteiger partial charge in [-0.05, 0) is 17.7 Å². The highest BCUT2D eigenvalue weighted by molar-refractivity contribution is 5.85. The molecule has 2 heterocycles. The predicted octanol–water partition coefficient (Wildman–Crippen LogP) is 1.62. The molecule has 1 unspecified atom stereocenters. The maximum atomic E-state index is 5.63. The zero-order valence-corrected chi connectivity index (χ0v) is 13.3. The monoisotopic (exact) mass is 325 g/mol. The van der Waals surface area contributed by atoms with Crippen LogP contribution in [0.15, 0.2) is 28.8 Å². The van der Waals surface area contributed by atoms with Gasteiger partial charge in [-0.15, -0.1) is 12.4 Å². The van der Waals surface area contributed by atoms with Crippen LogP contribution in [0.1, 0.15) is 17.3 Å². The molecule has 1 aromatic heterocycles. The Labute approximate surface area is 135 Å². The van der Waals surface area contributed by atoms with Gasteiger partial charge in [0, 0.05) is 19.5 Å². The number of nitrogens with one attached hydrogen (secondary N) is 1. The average molecular weight is 326 g/mol. The first-order chi connectivity index (χ1) is 10.3. The molecule has 22 heavy (non-hydrogen) atoms. The lowest BCUT2D eigenvalue weighted by Gasteiger charge is -2.21. The van der Waals surface area contributed by atoms with Gasteiger partial charge in [0.05, 0.1) is 26.2 Å². The predicted molar refractivity (Wildman–Crippen MR) is 83.7 cm³/mol. The Kier molecular flexibility index (Phi) is 6.18. The molecule has 2 aromatic rings. The molecular weight excluding hydrogens is 306 g/mol. The summed E-state index contributed by atoms with van der Waals surface area (Å²) < 4.78 is 16.1. The van der Waals surface area contributed by atoms with Crippen molar-refractivity contribution in [2.75, 3.05) is 26.8 Å². The number of ether oxygens (including phenoxy) is 2. The smallest absolute Gasteiger partial charge is 0.229 e. The van der Waals surface area contributed by atoms with Crippen molar-refractivity contribution in [1.82, 2.24) is 15.5 Å². The molecule has 0 spiro atoms. The van der Waals surface area contributed by atoms with E-state index in [-0.39, 0.29) is 18.5 Å². The number of halogens is 1. The molecule has 1 aromatic carbocycles. The van der Waals surface area contributed by atoms with E-state index >= 15 is 0 Å². The fourth-order valence-electron chi connectivity index (χ4n) is 2.32. The maximum Gasteiger partial charge on any atom is 0.229 e. The van der Waals surface area contributed by atoms with Gasteiger partial charge >= 0.3 is 0 Å². The van der Waals surface area contributed by atoms with E-state index < -0.39 is 0 Å². The van der Waals surface area contributed by atoms with Crippen LogP contribution in [0.5, 0.6) is 5.75 Å². The number of aromatic nitrogens is 2. The van der Waals surface area contributed by atoms with E-state index in [9.17, 15) is 0 Å². The van der Waals surface area contributed by atoms with Gasteiger partial charge in [-0.2, -0.15) is 4.98 Å². The van der Waals surface area contributed by atoms with Crippen LogP contribution in [-0.4, -0.2) is 43.1 Å². The maximum absolute atomic E-state index is 5.63. The fourth-order valence-corrected chi connectivity index (χ4v) is 2.32. The standard InChI is InChI=1S/C15H19N3O3.ClH/c1-19-12-4-2-11(3-5-12)8-14-17-15(21-18-14)9-13-10-16-6-7-20-13;/h2-5,13,16H,6-10H2,1H3;1H. The summed E-state index contributed by atoms with van der Waals surface area (Å²) in [5.74, 6) is 2.17. The van der Waals surface area contributed by atoms with Gasteiger partial charge in [-0.25, -0.2) is 0 Å². The third kappa shape index (κ3) is 4.43. The van der Waals surface area contributed by atoms with Crippen molar-refractivity contribution in [3.8, 4) is 5.75 Å². The minimum atomic E-state index is 0. The third-order valence-electron chi connectivity index (χ3n) is 3.44. The highest BCUT2D eigenvalue weighted by atomic mass is 35.5. The molecule has 0 radical (unpaired) electrons. The van der Waals surface area contributed by atoms with Crippen molar-refractivity contribution in [2.24, 2.45) is 0 Å². The van der Waals surface area contributed by atoms with Crippen molar-refractivity contribution in [3.05, 3.63) is 41.5 Å². The number of hydrogen-bond donors (Lipinski definition) is 1. The lowest BCUT2D eigenvalue weighted by Crippen LogP contribution is -2.39. The fraction of sp³-hybridized carbons (Fsp3) is 0.467. The summed E-state index contributed by atoms with van der Waals surface area (Å²) in [6.45, 7) is 2.47. The largest absolute Gasteiger partial charge is 0.497 e. The van der Waals surface area contributed by atoms with Crippen molar-refractivity contribution < 1.29 is 14.0 Å². The van der Waals surface area contributed by atoms with Crippen molar-refractivity contribution in [3.63, 3.8) is 0 Å². The zero-order valence-electron chi connectivity index (χ0n) is 12.4. The number of rotatable bonds is 5. The molecule has 1 N–H and O–H groups in total. The first-order valence-electron chi connectivity index (χ1n) is 7.10. The first-order valence-corrected chi connectivity index (χ1v) is 7.10. The molecule has 3 rings (SSSR count). The summed E-state index contributed by atoms with van der Waals surface area (Å²) in [7, 11) is 1.66. The second kappa shape index (κ2) is 8.12. The van der Waals surface area contributed by atoms with Crippen molar-refractivity contribution in [1.29, 1.82) is 0 Å². The minimum Gasteiger partial charge on any atom is -0.497 e. The average Bonchev–Trinajstić information content (AvgIpc) is 2.96. The second-order valence-electron chi connectivity index (χ2n) is 5.03. The van der Waals surface area contributed by atoms with Crippen molar-refractivity contribution in [2.45, 2.75) is 18.9 Å². The molecule has 0 bridgehead atoms. The molecule has 1 saturated heterocycles. The van der Waals surface area contributed by atoms with Crippen LogP contribution in [-0.2, 0) is 17.6 Å². The lowest BCUT2D eigenvalue weighted by molar-refractivity contribution is 0.0246. The summed E-state index contributed by atoms with van der Waals surface area (Å²) in [4.78, 5) is 4.43. The van der Waals surface area contributed by atoms with Crippen molar-refractivity contribution >= 4 is 12.4 Å². The van der Waals surface area contributed by atoms with Gasteiger partial charge in [0.15, 0.2) is 5.82 Å². The summed E-state index contributed by atoms with van der Waals surface area (Å²) in [5.41, 5.74) is 1.12. The SMILES string of the molecule is COc1ccc(Cc2noc(CC3CNCCO3)n2)cc1.Cl. The minimum absolute atomic E-state index is 0. The van der Waals surface area contributed by atoms with Gasteiger partial charge in [0.25, 0.3) is 0 Å². The number of benzene rings is 1. The Hall–Kier alpha value is -1.63. The number of nitrogens with zero attached hydrogens (tertiary/aromatic N) is 2. The van der Waals surface area contributed by atoms with Crippen LogP contribution in [0, 0.1) is 0 Å². The van der Waals surface area contributed by atoms with E-state index in [2.05, 4.69) is 15.5 Å². The van der Waals surface area contributed by atoms with Gasteiger partial charge in [-0.3, -0.25) is 0 Å². The van der Waals surface area contributed by atoms with Crippen LogP contribution < -0.4 is 10.1 Å². The van der Waals surface area contributed by atoms with Crippen LogP contribution in [0.3, 0.4) is 0 Å². The summed E-state index contributed by atoms with van der Waals surface area (Å²) in [6.07, 6.45) is 1.42. The zero-order chi connectivity index (χ0) is 14.5. The molecule has 1 aliphatic heterocycles. The van der Waals surface area contributed by atoms with E-state index in [0.29, 0.717) is 24.6 Å². The molecular formula is C15H20ClN3O3. The molecule has 1 fully saturated rings. The highest BCUT2D eigenvalue weighted by Crippen LogP contribution is 2.14. The van der Waals surface area contributed by atoms with Crippen LogP contribution >= 0.6 is 12.4 Å². The summed E-state index contributed by atoms with van der Waals surface area (Å²) in [6, 6.07) is 7.86. The Morgan fingerprint density at radius 1 is 1.32 bits per heavy atom. The number of morpholine rings is 1. The third-order valence-corrected chi connectivity index (χ3v) is 3.44. The second-order valence-corrected chi connectivity index (χ2v) is 5.03. The Morgan fingerprint density at radius 2 is 2.14 bits per heavy atom. The van der Waals surface area contributed by atoms with E-state index in [1.807, 2.05) is 24.3 Å². The van der Waals surface area contributed by atoms with E-state index in [1.54, 1.807) is 7.11 Å². The normalized spacial score (nSPS) is 17.8. The molecule has 120 valence electrons. The molecule has 7 heteroatoms. The Balaban J connectivity index is 0.00000176. The molecule has 0 saturated carbocycles. The van der Waals surface area contributed by atoms with E-state index in [1.165, 1.54) is 0 Å². The van der Waals surface area contributed by atoms with Gasteiger partial charge < -0.3 is 19.3 Å². The molecule has 1 aliphatic rings. The van der Waals surface area contributed by atoms with Gasteiger partial charge in [0.2, 0.25) is 5.89 Å². The van der Waals surface area contributed by atoms with Crippen LogP contribution in [0.25, 0.3) is 0 Å². The lowest BCUT2D eigenvalue weighted by atomic mass is 10.1. The molecule has 6 nitrogen and oxygen atoms in total. The number of methoxy groups -OCH3 is 1. The Morgan fingerprint density at radius 3 is 2.82 bits per heavy atom. The van der Waals surface area contributed by atoms with Crippen LogP contribution in [0.2, 0.25) is 0 Å². The van der Waals surface area contributed by atoms with Gasteiger partial charge in [-0.1, -0.05) is 17.3 Å². The Bertz CT molecular complexity index is 568. The first kappa shape index (κ1) is 16.7. The molecule has 1 atom stereocenters. The van der Waals surface area contributed by atoms with Gasteiger partial charge in [0.1, 0.15) is 5.75 Å². The molecule has 0 aliphatic carbocycles. The quantitative estimate of drug-likeness (QED) is 0.901. The summed E-state index contributed by atoms with van der Waals surface area (Å²) in [5, 5.41) is 7.31. The molecule has 0 amide bonds. The highest BCUT2D eigenvalue weighted by Gasteiger charge is 2.17.